The number of thiophene rings is 1. The Balaban J connectivity index is 1.85. The molecule has 0 amide bonds. The minimum absolute atomic E-state index is 0.937. The van der Waals surface area contributed by atoms with E-state index in [2.05, 4.69) is 65.3 Å². The van der Waals surface area contributed by atoms with E-state index in [0.717, 1.165) is 6.54 Å². The highest BCUT2D eigenvalue weighted by Crippen LogP contribution is 2.28. The van der Waals surface area contributed by atoms with Crippen molar-refractivity contribution in [2.75, 3.05) is 7.05 Å². The molecule has 3 rings (SSSR count). The van der Waals surface area contributed by atoms with Crippen LogP contribution in [0.4, 0.5) is 0 Å². The first-order valence-electron chi connectivity index (χ1n) is 6.75. The molecule has 0 aliphatic carbocycles. The fourth-order valence-electron chi connectivity index (χ4n) is 2.28. The van der Waals surface area contributed by atoms with Gasteiger partial charge in [0.2, 0.25) is 0 Å². The van der Waals surface area contributed by atoms with Crippen LogP contribution < -0.4 is 5.32 Å². The molecule has 1 N–H and O–H groups in total. The number of hydrogen-bond acceptors (Lipinski definition) is 2. The Morgan fingerprint density at radius 1 is 0.800 bits per heavy atom. The maximum Gasteiger partial charge on any atom is 0.0296 e. The molecule has 1 heterocycles. The first kappa shape index (κ1) is 13.1. The summed E-state index contributed by atoms with van der Waals surface area (Å²) < 4.78 is 0. The van der Waals surface area contributed by atoms with Crippen LogP contribution in [0.5, 0.6) is 0 Å². The Morgan fingerprint density at radius 3 is 2.05 bits per heavy atom. The second-order valence-corrected chi connectivity index (χ2v) is 5.77. The van der Waals surface area contributed by atoms with Gasteiger partial charge in [0.1, 0.15) is 0 Å². The van der Waals surface area contributed by atoms with Gasteiger partial charge >= 0.3 is 0 Å². The average Bonchev–Trinajstić information content (AvgIpc) is 2.97. The van der Waals surface area contributed by atoms with Crippen LogP contribution in [0, 0.1) is 0 Å². The summed E-state index contributed by atoms with van der Waals surface area (Å²) in [6.45, 7) is 0.937. The summed E-state index contributed by atoms with van der Waals surface area (Å²) >= 11 is 1.81. The zero-order valence-electron chi connectivity index (χ0n) is 11.5. The number of rotatable bonds is 4. The topological polar surface area (TPSA) is 12.0 Å². The number of hydrogen-bond donors (Lipinski definition) is 1. The number of benzene rings is 2. The van der Waals surface area contributed by atoms with E-state index in [0.29, 0.717) is 0 Å². The lowest BCUT2D eigenvalue weighted by atomic mass is 10.0. The minimum atomic E-state index is 0.937. The van der Waals surface area contributed by atoms with E-state index in [1.54, 1.807) is 0 Å². The average molecular weight is 279 g/mol. The van der Waals surface area contributed by atoms with Crippen molar-refractivity contribution < 1.29 is 0 Å². The molecule has 0 saturated heterocycles. The molecule has 100 valence electrons. The second-order valence-electron chi connectivity index (χ2n) is 4.78. The molecule has 1 nitrogen and oxygen atoms in total. The zero-order valence-corrected chi connectivity index (χ0v) is 12.3. The largest absolute Gasteiger partial charge is 0.315 e. The van der Waals surface area contributed by atoms with Gasteiger partial charge in [0, 0.05) is 11.4 Å². The van der Waals surface area contributed by atoms with Gasteiger partial charge in [-0.3, -0.25) is 0 Å². The Bertz CT molecular complexity index is 668. The van der Waals surface area contributed by atoms with Crippen molar-refractivity contribution >= 4 is 11.3 Å². The molecular weight excluding hydrogens is 262 g/mol. The van der Waals surface area contributed by atoms with E-state index >= 15 is 0 Å². The van der Waals surface area contributed by atoms with Crippen molar-refractivity contribution in [2.24, 2.45) is 0 Å². The van der Waals surface area contributed by atoms with Gasteiger partial charge in [-0.05, 0) is 40.7 Å². The van der Waals surface area contributed by atoms with Crippen LogP contribution in [-0.2, 0) is 6.54 Å². The highest BCUT2D eigenvalue weighted by atomic mass is 32.1. The maximum atomic E-state index is 3.19. The van der Waals surface area contributed by atoms with Crippen LogP contribution in [0.1, 0.15) is 4.88 Å². The Hall–Kier alpha value is -1.90. The standard InChI is InChI=1S/C18H17NS/c1-19-12-18-11-17(13-20-18)16-9-7-15(8-10-16)14-5-3-2-4-6-14/h2-11,13,19H,12H2,1H3. The summed E-state index contributed by atoms with van der Waals surface area (Å²) in [7, 11) is 1.98. The Labute approximate surface area is 123 Å². The predicted octanol–water partition coefficient (Wildman–Crippen LogP) is 4.80. The highest BCUT2D eigenvalue weighted by molar-refractivity contribution is 7.10. The fraction of sp³-hybridized carbons (Fsp3) is 0.111. The summed E-state index contributed by atoms with van der Waals surface area (Å²) in [4.78, 5) is 1.37. The molecule has 2 aromatic carbocycles. The lowest BCUT2D eigenvalue weighted by Gasteiger charge is -2.03. The SMILES string of the molecule is CNCc1cc(-c2ccc(-c3ccccc3)cc2)cs1. The van der Waals surface area contributed by atoms with Gasteiger partial charge in [-0.1, -0.05) is 54.6 Å². The monoisotopic (exact) mass is 279 g/mol. The molecule has 0 spiro atoms. The third kappa shape index (κ3) is 2.82. The van der Waals surface area contributed by atoms with Crippen LogP contribution >= 0.6 is 11.3 Å². The number of nitrogens with one attached hydrogen (secondary N) is 1. The van der Waals surface area contributed by atoms with Crippen molar-refractivity contribution in [2.45, 2.75) is 6.54 Å². The van der Waals surface area contributed by atoms with Crippen LogP contribution in [-0.4, -0.2) is 7.05 Å². The molecule has 0 radical (unpaired) electrons. The summed E-state index contributed by atoms with van der Waals surface area (Å²) in [5.41, 5.74) is 5.11. The summed E-state index contributed by atoms with van der Waals surface area (Å²) in [6.07, 6.45) is 0. The van der Waals surface area contributed by atoms with Crippen LogP contribution in [0.2, 0.25) is 0 Å². The first-order valence-corrected chi connectivity index (χ1v) is 7.62. The van der Waals surface area contributed by atoms with E-state index in [9.17, 15) is 0 Å². The van der Waals surface area contributed by atoms with Crippen molar-refractivity contribution in [1.82, 2.24) is 5.32 Å². The van der Waals surface area contributed by atoms with Crippen molar-refractivity contribution in [3.05, 3.63) is 70.9 Å². The molecule has 0 bridgehead atoms. The molecule has 20 heavy (non-hydrogen) atoms. The highest BCUT2D eigenvalue weighted by Gasteiger charge is 2.03. The van der Waals surface area contributed by atoms with Crippen LogP contribution in [0.3, 0.4) is 0 Å². The van der Waals surface area contributed by atoms with Gasteiger partial charge in [0.25, 0.3) is 0 Å². The molecular formula is C18H17NS. The van der Waals surface area contributed by atoms with Crippen LogP contribution in [0.15, 0.2) is 66.0 Å². The van der Waals surface area contributed by atoms with Crippen LogP contribution in [0.25, 0.3) is 22.3 Å². The molecule has 1 aromatic heterocycles. The first-order chi connectivity index (χ1) is 9.86. The molecule has 0 aliphatic heterocycles. The van der Waals surface area contributed by atoms with Crippen molar-refractivity contribution in [3.8, 4) is 22.3 Å². The third-order valence-corrected chi connectivity index (χ3v) is 4.27. The summed E-state index contributed by atoms with van der Waals surface area (Å²) in [5.74, 6) is 0. The van der Waals surface area contributed by atoms with Gasteiger partial charge in [-0.25, -0.2) is 0 Å². The van der Waals surface area contributed by atoms with Gasteiger partial charge in [0.05, 0.1) is 0 Å². The minimum Gasteiger partial charge on any atom is -0.315 e. The van der Waals surface area contributed by atoms with E-state index in [1.165, 1.54) is 27.1 Å². The smallest absolute Gasteiger partial charge is 0.0296 e. The Kier molecular flexibility index (Phi) is 3.95. The van der Waals surface area contributed by atoms with Gasteiger partial charge in [-0.15, -0.1) is 11.3 Å². The van der Waals surface area contributed by atoms with Gasteiger partial charge in [-0.2, -0.15) is 0 Å². The molecule has 0 unspecified atom stereocenters. The Morgan fingerprint density at radius 2 is 1.40 bits per heavy atom. The molecule has 0 saturated carbocycles. The maximum absolute atomic E-state index is 3.19. The van der Waals surface area contributed by atoms with Gasteiger partial charge < -0.3 is 5.32 Å². The molecule has 2 heteroatoms. The summed E-state index contributed by atoms with van der Waals surface area (Å²) in [5, 5.41) is 5.42. The lowest BCUT2D eigenvalue weighted by Crippen LogP contribution is -2.02. The van der Waals surface area contributed by atoms with E-state index in [4.69, 9.17) is 0 Å². The normalized spacial score (nSPS) is 10.7. The van der Waals surface area contributed by atoms with E-state index in [-0.39, 0.29) is 0 Å². The predicted molar refractivity (Wildman–Crippen MR) is 88.0 cm³/mol. The van der Waals surface area contributed by atoms with E-state index < -0.39 is 0 Å². The molecule has 3 aromatic rings. The third-order valence-electron chi connectivity index (χ3n) is 3.33. The lowest BCUT2D eigenvalue weighted by molar-refractivity contribution is 0.831. The van der Waals surface area contributed by atoms with E-state index in [1.807, 2.05) is 24.5 Å². The second kappa shape index (κ2) is 6.04. The zero-order chi connectivity index (χ0) is 13.8. The molecule has 0 atom stereocenters. The molecule has 0 aliphatic rings. The summed E-state index contributed by atoms with van der Waals surface area (Å²) in [6, 6.07) is 21.5. The van der Waals surface area contributed by atoms with Crippen molar-refractivity contribution in [1.29, 1.82) is 0 Å². The van der Waals surface area contributed by atoms with Crippen molar-refractivity contribution in [3.63, 3.8) is 0 Å². The molecule has 0 fully saturated rings. The fourth-order valence-corrected chi connectivity index (χ4v) is 3.19. The van der Waals surface area contributed by atoms with Gasteiger partial charge in [0.15, 0.2) is 0 Å². The quantitative estimate of drug-likeness (QED) is 0.723.